The summed E-state index contributed by atoms with van der Waals surface area (Å²) in [5, 5.41) is 0. The smallest absolute Gasteiger partial charge is 0.122 e. The van der Waals surface area contributed by atoms with E-state index in [-0.39, 0.29) is 0 Å². The van der Waals surface area contributed by atoms with Crippen LogP contribution < -0.4 is 4.74 Å². The molecule has 0 saturated heterocycles. The molecule has 0 atom stereocenters. The van der Waals surface area contributed by atoms with Crippen LogP contribution in [0.2, 0.25) is 0 Å². The van der Waals surface area contributed by atoms with E-state index in [0.717, 1.165) is 18.7 Å². The molecule has 0 aliphatic carbocycles. The third kappa shape index (κ3) is 2.19. The Morgan fingerprint density at radius 2 is 2.00 bits per heavy atom. The fraction of sp³-hybridized carbons (Fsp3) is 0.385. The van der Waals surface area contributed by atoms with Gasteiger partial charge in [-0.1, -0.05) is 0 Å². The van der Waals surface area contributed by atoms with Crippen molar-refractivity contribution in [1.82, 2.24) is 9.30 Å². The van der Waals surface area contributed by atoms with Crippen molar-refractivity contribution in [2.45, 2.75) is 6.42 Å². The first kappa shape index (κ1) is 11.0. The van der Waals surface area contributed by atoms with Gasteiger partial charge in [0.2, 0.25) is 0 Å². The van der Waals surface area contributed by atoms with Crippen molar-refractivity contribution >= 4 is 5.52 Å². The standard InChI is InChI=1S/C13H18N2O/c1-14(2)7-4-11-5-8-15-9-6-12(16-3)10-13(11)15/h5-6,8-10H,4,7H2,1-3H3. The second kappa shape index (κ2) is 4.58. The maximum Gasteiger partial charge on any atom is 0.122 e. The molecule has 0 aliphatic heterocycles. The highest BCUT2D eigenvalue weighted by Gasteiger charge is 2.04. The van der Waals surface area contributed by atoms with E-state index >= 15 is 0 Å². The van der Waals surface area contributed by atoms with Gasteiger partial charge in [-0.25, -0.2) is 0 Å². The first-order valence-electron chi connectivity index (χ1n) is 5.49. The van der Waals surface area contributed by atoms with Crippen LogP contribution in [0.4, 0.5) is 0 Å². The molecule has 0 amide bonds. The van der Waals surface area contributed by atoms with E-state index in [0.29, 0.717) is 0 Å². The van der Waals surface area contributed by atoms with Crippen molar-refractivity contribution in [3.8, 4) is 5.75 Å². The molecule has 2 heterocycles. The van der Waals surface area contributed by atoms with E-state index in [2.05, 4.69) is 41.7 Å². The molecule has 0 aliphatic rings. The third-order valence-corrected chi connectivity index (χ3v) is 2.79. The number of pyridine rings is 1. The molecule has 2 aromatic rings. The lowest BCUT2D eigenvalue weighted by Gasteiger charge is -2.08. The lowest BCUT2D eigenvalue weighted by atomic mass is 10.2. The van der Waals surface area contributed by atoms with E-state index in [1.807, 2.05) is 12.3 Å². The van der Waals surface area contributed by atoms with Crippen LogP contribution >= 0.6 is 0 Å². The van der Waals surface area contributed by atoms with E-state index in [9.17, 15) is 0 Å². The normalized spacial score (nSPS) is 11.2. The molecule has 3 heteroatoms. The highest BCUT2D eigenvalue weighted by Crippen LogP contribution is 2.19. The van der Waals surface area contributed by atoms with Crippen molar-refractivity contribution in [2.75, 3.05) is 27.7 Å². The Morgan fingerprint density at radius 1 is 1.25 bits per heavy atom. The van der Waals surface area contributed by atoms with Gasteiger partial charge in [-0.2, -0.15) is 0 Å². The summed E-state index contributed by atoms with van der Waals surface area (Å²) in [7, 11) is 5.89. The van der Waals surface area contributed by atoms with Gasteiger partial charge in [0, 0.05) is 25.0 Å². The minimum atomic E-state index is 0.914. The van der Waals surface area contributed by atoms with Gasteiger partial charge in [-0.15, -0.1) is 0 Å². The average Bonchev–Trinajstić information content (AvgIpc) is 2.68. The molecular weight excluding hydrogens is 200 g/mol. The maximum absolute atomic E-state index is 5.25. The quantitative estimate of drug-likeness (QED) is 0.781. The fourth-order valence-electron chi connectivity index (χ4n) is 1.82. The number of hydrogen-bond acceptors (Lipinski definition) is 2. The molecule has 0 bridgehead atoms. The largest absolute Gasteiger partial charge is 0.497 e. The summed E-state index contributed by atoms with van der Waals surface area (Å²) >= 11 is 0. The van der Waals surface area contributed by atoms with Gasteiger partial charge in [0.15, 0.2) is 0 Å². The van der Waals surface area contributed by atoms with Gasteiger partial charge < -0.3 is 14.0 Å². The maximum atomic E-state index is 5.25. The lowest BCUT2D eigenvalue weighted by molar-refractivity contribution is 0.413. The Kier molecular flexibility index (Phi) is 3.15. The predicted octanol–water partition coefficient (Wildman–Crippen LogP) is 2.05. The molecular formula is C13H18N2O. The molecule has 2 aromatic heterocycles. The number of ether oxygens (including phenoxy) is 1. The topological polar surface area (TPSA) is 16.9 Å². The zero-order valence-electron chi connectivity index (χ0n) is 10.1. The van der Waals surface area contributed by atoms with Crippen LogP contribution in [0.25, 0.3) is 5.52 Å². The molecule has 3 nitrogen and oxygen atoms in total. The highest BCUT2D eigenvalue weighted by molar-refractivity contribution is 5.58. The molecule has 0 N–H and O–H groups in total. The van der Waals surface area contributed by atoms with E-state index in [4.69, 9.17) is 4.74 Å². The number of nitrogens with zero attached hydrogens (tertiary/aromatic N) is 2. The van der Waals surface area contributed by atoms with Gasteiger partial charge in [0.25, 0.3) is 0 Å². The molecule has 0 aromatic carbocycles. The summed E-state index contributed by atoms with van der Waals surface area (Å²) in [4.78, 5) is 2.20. The Bertz CT molecular complexity index is 474. The molecule has 86 valence electrons. The number of aromatic nitrogens is 1. The van der Waals surface area contributed by atoms with Gasteiger partial charge in [0.1, 0.15) is 5.75 Å². The van der Waals surface area contributed by atoms with E-state index in [1.54, 1.807) is 7.11 Å². The van der Waals surface area contributed by atoms with E-state index < -0.39 is 0 Å². The zero-order valence-corrected chi connectivity index (χ0v) is 10.1. The lowest BCUT2D eigenvalue weighted by Crippen LogP contribution is -2.14. The summed E-state index contributed by atoms with van der Waals surface area (Å²) in [5.41, 5.74) is 2.61. The Labute approximate surface area is 96.2 Å². The minimum Gasteiger partial charge on any atom is -0.497 e. The second-order valence-corrected chi connectivity index (χ2v) is 4.25. The summed E-state index contributed by atoms with van der Waals surface area (Å²) in [5.74, 6) is 0.914. The monoisotopic (exact) mass is 218 g/mol. The second-order valence-electron chi connectivity index (χ2n) is 4.25. The zero-order chi connectivity index (χ0) is 11.5. The predicted molar refractivity (Wildman–Crippen MR) is 66.2 cm³/mol. The average molecular weight is 218 g/mol. The molecule has 16 heavy (non-hydrogen) atoms. The number of rotatable bonds is 4. The van der Waals surface area contributed by atoms with Crippen molar-refractivity contribution in [3.05, 3.63) is 36.2 Å². The summed E-state index contributed by atoms with van der Waals surface area (Å²) in [6.07, 6.45) is 5.20. The van der Waals surface area contributed by atoms with Crippen LogP contribution in [-0.4, -0.2) is 37.1 Å². The van der Waals surface area contributed by atoms with Crippen LogP contribution in [0.15, 0.2) is 30.6 Å². The Morgan fingerprint density at radius 3 is 2.69 bits per heavy atom. The summed E-state index contributed by atoms with van der Waals surface area (Å²) in [6, 6.07) is 6.24. The number of hydrogen-bond donors (Lipinski definition) is 0. The van der Waals surface area contributed by atoms with Gasteiger partial charge in [0.05, 0.1) is 12.6 Å². The van der Waals surface area contributed by atoms with Crippen LogP contribution in [0, 0.1) is 0 Å². The minimum absolute atomic E-state index is 0.914. The van der Waals surface area contributed by atoms with Crippen LogP contribution in [0.5, 0.6) is 5.75 Å². The molecule has 0 fully saturated rings. The van der Waals surface area contributed by atoms with Crippen LogP contribution in [-0.2, 0) is 6.42 Å². The molecule has 0 unspecified atom stereocenters. The van der Waals surface area contributed by atoms with Crippen molar-refractivity contribution in [1.29, 1.82) is 0 Å². The number of likely N-dealkylation sites (N-methyl/N-ethyl adjacent to an activating group) is 1. The number of fused-ring (bicyclic) bond motifs is 1. The first-order chi connectivity index (χ1) is 7.70. The molecule has 0 radical (unpaired) electrons. The van der Waals surface area contributed by atoms with E-state index in [1.165, 1.54) is 11.1 Å². The van der Waals surface area contributed by atoms with Crippen LogP contribution in [0.1, 0.15) is 5.56 Å². The van der Waals surface area contributed by atoms with Crippen molar-refractivity contribution < 1.29 is 4.74 Å². The van der Waals surface area contributed by atoms with Crippen molar-refractivity contribution in [2.24, 2.45) is 0 Å². The fourth-order valence-corrected chi connectivity index (χ4v) is 1.82. The Balaban J connectivity index is 2.30. The highest BCUT2D eigenvalue weighted by atomic mass is 16.5. The number of methoxy groups -OCH3 is 1. The Hall–Kier alpha value is -1.48. The van der Waals surface area contributed by atoms with Gasteiger partial charge in [-0.3, -0.25) is 0 Å². The van der Waals surface area contributed by atoms with Crippen molar-refractivity contribution in [3.63, 3.8) is 0 Å². The molecule has 0 spiro atoms. The van der Waals surface area contributed by atoms with Gasteiger partial charge >= 0.3 is 0 Å². The molecule has 2 rings (SSSR count). The molecule has 0 saturated carbocycles. The SMILES string of the molecule is COc1ccn2ccc(CCN(C)C)c2c1. The third-order valence-electron chi connectivity index (χ3n) is 2.79. The summed E-state index contributed by atoms with van der Waals surface area (Å²) in [6.45, 7) is 1.07. The summed E-state index contributed by atoms with van der Waals surface area (Å²) < 4.78 is 7.38. The van der Waals surface area contributed by atoms with Crippen LogP contribution in [0.3, 0.4) is 0 Å². The van der Waals surface area contributed by atoms with Gasteiger partial charge in [-0.05, 0) is 38.2 Å². The first-order valence-corrected chi connectivity index (χ1v) is 5.49.